The molecule has 10 nitrogen and oxygen atoms in total. The van der Waals surface area contributed by atoms with Gasteiger partial charge in [-0.25, -0.2) is 0 Å². The first kappa shape index (κ1) is 25.9. The number of benzene rings is 1. The Bertz CT molecular complexity index is 1180. The number of aryl methyl sites for hydroxylation is 2. The van der Waals surface area contributed by atoms with E-state index in [4.69, 9.17) is 9.15 Å². The number of furan rings is 1. The van der Waals surface area contributed by atoms with E-state index < -0.39 is 11.6 Å². The van der Waals surface area contributed by atoms with E-state index in [0.29, 0.717) is 30.0 Å². The summed E-state index contributed by atoms with van der Waals surface area (Å²) in [6.45, 7) is 11.2. The van der Waals surface area contributed by atoms with Gasteiger partial charge in [0.25, 0.3) is 5.91 Å². The van der Waals surface area contributed by atoms with Crippen LogP contribution in [0.2, 0.25) is 0 Å². The van der Waals surface area contributed by atoms with Crippen molar-refractivity contribution in [1.29, 1.82) is 0 Å². The lowest BCUT2D eigenvalue weighted by molar-refractivity contribution is -0.128. The van der Waals surface area contributed by atoms with Gasteiger partial charge in [0.05, 0.1) is 12.8 Å². The van der Waals surface area contributed by atoms with E-state index in [0.717, 1.165) is 11.3 Å². The molecule has 0 aliphatic heterocycles. The van der Waals surface area contributed by atoms with Crippen molar-refractivity contribution in [3.63, 3.8) is 0 Å². The number of carbonyl (C=O) groups excluding carboxylic acids is 2. The van der Waals surface area contributed by atoms with E-state index in [1.807, 2.05) is 53.7 Å². The molecule has 2 aromatic heterocycles. The summed E-state index contributed by atoms with van der Waals surface area (Å²) < 4.78 is 11.1. The van der Waals surface area contributed by atoms with Gasteiger partial charge < -0.3 is 14.5 Å². The Labute approximate surface area is 205 Å². The second-order valence-electron chi connectivity index (χ2n) is 9.54. The number of rotatable bonds is 9. The van der Waals surface area contributed by atoms with E-state index in [-0.39, 0.29) is 24.2 Å². The number of nitrogens with zero attached hydrogens (tertiary/aromatic N) is 5. The van der Waals surface area contributed by atoms with Crippen molar-refractivity contribution in [2.45, 2.75) is 72.5 Å². The number of nitrogens with one attached hydrogen (secondary N) is 1. The highest BCUT2D eigenvalue weighted by molar-refractivity contribution is 6.02. The van der Waals surface area contributed by atoms with Crippen LogP contribution in [0.15, 0.2) is 34.7 Å². The van der Waals surface area contributed by atoms with E-state index in [1.54, 1.807) is 18.2 Å². The minimum absolute atomic E-state index is 0.215. The molecule has 0 saturated carbocycles. The standard InChI is InChI=1S/C25H34N6O4/c1-8-9-18(24(33)26-25(4,5)6)31(19-14-16(2)10-12-20(19)34-7)22(32)15-30-28-23(27-29-30)21-13-11-17(3)35-21/h10-14,18H,8-9,15H2,1-7H3,(H,26,33)/t18-/m0/s1. The number of methoxy groups -OCH3 is 1. The molecule has 0 bridgehead atoms. The lowest BCUT2D eigenvalue weighted by Gasteiger charge is -2.34. The summed E-state index contributed by atoms with van der Waals surface area (Å²) >= 11 is 0. The second-order valence-corrected chi connectivity index (χ2v) is 9.54. The zero-order chi connectivity index (χ0) is 25.8. The smallest absolute Gasteiger partial charge is 0.251 e. The summed E-state index contributed by atoms with van der Waals surface area (Å²) in [4.78, 5) is 29.9. The number of anilines is 1. The van der Waals surface area contributed by atoms with Crippen LogP contribution >= 0.6 is 0 Å². The van der Waals surface area contributed by atoms with Crippen LogP contribution in [-0.4, -0.2) is 50.7 Å². The van der Waals surface area contributed by atoms with E-state index in [2.05, 4.69) is 20.7 Å². The third kappa shape index (κ3) is 6.46. The van der Waals surface area contributed by atoms with Gasteiger partial charge in [0.1, 0.15) is 24.1 Å². The van der Waals surface area contributed by atoms with Gasteiger partial charge >= 0.3 is 0 Å². The number of aromatic nitrogens is 4. The first-order chi connectivity index (χ1) is 16.5. The minimum atomic E-state index is -0.752. The maximum Gasteiger partial charge on any atom is 0.251 e. The first-order valence-electron chi connectivity index (χ1n) is 11.7. The molecule has 3 aromatic rings. The van der Waals surface area contributed by atoms with Crippen molar-refractivity contribution in [3.05, 3.63) is 41.7 Å². The van der Waals surface area contributed by atoms with Gasteiger partial charge in [-0.15, -0.1) is 10.2 Å². The second kappa shape index (κ2) is 10.7. The van der Waals surface area contributed by atoms with E-state index in [1.165, 1.54) is 16.8 Å². The molecular formula is C25H34N6O4. The summed E-state index contributed by atoms with van der Waals surface area (Å²) in [5.74, 6) is 1.35. The van der Waals surface area contributed by atoms with E-state index >= 15 is 0 Å². The maximum atomic E-state index is 13.8. The summed E-state index contributed by atoms with van der Waals surface area (Å²) in [7, 11) is 1.54. The molecule has 0 unspecified atom stereocenters. The summed E-state index contributed by atoms with van der Waals surface area (Å²) in [6, 6.07) is 8.33. The molecule has 3 rings (SSSR count). The molecule has 0 aliphatic carbocycles. The lowest BCUT2D eigenvalue weighted by Crippen LogP contribution is -2.54. The molecule has 2 amide bonds. The van der Waals surface area contributed by atoms with Crippen LogP contribution < -0.4 is 15.0 Å². The largest absolute Gasteiger partial charge is 0.495 e. The molecule has 10 heteroatoms. The first-order valence-corrected chi connectivity index (χ1v) is 11.7. The monoisotopic (exact) mass is 482 g/mol. The third-order valence-corrected chi connectivity index (χ3v) is 5.23. The van der Waals surface area contributed by atoms with Gasteiger partial charge in [0.15, 0.2) is 5.76 Å². The Kier molecular flexibility index (Phi) is 7.93. The van der Waals surface area contributed by atoms with Crippen molar-refractivity contribution in [3.8, 4) is 17.3 Å². The predicted molar refractivity (Wildman–Crippen MR) is 132 cm³/mol. The highest BCUT2D eigenvalue weighted by Crippen LogP contribution is 2.32. The summed E-state index contributed by atoms with van der Waals surface area (Å²) in [5.41, 5.74) is 0.985. The average molecular weight is 483 g/mol. The van der Waals surface area contributed by atoms with Crippen molar-refractivity contribution < 1.29 is 18.7 Å². The fourth-order valence-corrected chi connectivity index (χ4v) is 3.73. The molecule has 0 radical (unpaired) electrons. The summed E-state index contributed by atoms with van der Waals surface area (Å²) in [5, 5.41) is 15.4. The quantitative estimate of drug-likeness (QED) is 0.495. The Morgan fingerprint density at radius 3 is 2.54 bits per heavy atom. The lowest BCUT2D eigenvalue weighted by atomic mass is 10.0. The molecule has 0 spiro atoms. The van der Waals surface area contributed by atoms with Crippen molar-refractivity contribution in [2.75, 3.05) is 12.0 Å². The fourth-order valence-electron chi connectivity index (χ4n) is 3.73. The zero-order valence-electron chi connectivity index (χ0n) is 21.5. The topological polar surface area (TPSA) is 115 Å². The Morgan fingerprint density at radius 1 is 1.20 bits per heavy atom. The van der Waals surface area contributed by atoms with Crippen LogP contribution in [0.25, 0.3) is 11.6 Å². The van der Waals surface area contributed by atoms with Crippen LogP contribution in [0.4, 0.5) is 5.69 Å². The van der Waals surface area contributed by atoms with Crippen molar-refractivity contribution in [1.82, 2.24) is 25.5 Å². The molecule has 0 fully saturated rings. The molecule has 1 atom stereocenters. The Balaban J connectivity index is 2.00. The average Bonchev–Trinajstić information content (AvgIpc) is 3.41. The number of carbonyl (C=O) groups is 2. The normalized spacial score (nSPS) is 12.3. The van der Waals surface area contributed by atoms with Crippen LogP contribution in [0, 0.1) is 13.8 Å². The van der Waals surface area contributed by atoms with Crippen molar-refractivity contribution >= 4 is 17.5 Å². The highest BCUT2D eigenvalue weighted by Gasteiger charge is 2.34. The molecule has 1 aromatic carbocycles. The third-order valence-electron chi connectivity index (χ3n) is 5.23. The SMILES string of the molecule is CCC[C@@H](C(=O)NC(C)(C)C)N(C(=O)Cn1nnc(-c2ccc(C)o2)n1)c1cc(C)ccc1OC. The number of ether oxygens (including phenoxy) is 1. The Hall–Kier alpha value is -3.69. The maximum absolute atomic E-state index is 13.8. The summed E-state index contributed by atoms with van der Waals surface area (Å²) in [6.07, 6.45) is 1.16. The molecule has 2 heterocycles. The molecule has 1 N–H and O–H groups in total. The number of amides is 2. The predicted octanol–water partition coefficient (Wildman–Crippen LogP) is 3.68. The van der Waals surface area contributed by atoms with Gasteiger partial charge in [-0.1, -0.05) is 19.4 Å². The molecular weight excluding hydrogens is 448 g/mol. The van der Waals surface area contributed by atoms with Gasteiger partial charge in [-0.2, -0.15) is 4.80 Å². The molecule has 35 heavy (non-hydrogen) atoms. The van der Waals surface area contributed by atoms with Gasteiger partial charge in [-0.3, -0.25) is 14.5 Å². The van der Waals surface area contributed by atoms with Crippen molar-refractivity contribution in [2.24, 2.45) is 0 Å². The number of tetrazole rings is 1. The zero-order valence-corrected chi connectivity index (χ0v) is 21.5. The number of hydrogen-bond acceptors (Lipinski definition) is 7. The molecule has 0 saturated heterocycles. The van der Waals surface area contributed by atoms with Crippen LogP contribution in [0.5, 0.6) is 5.75 Å². The minimum Gasteiger partial charge on any atom is -0.495 e. The Morgan fingerprint density at radius 2 is 1.94 bits per heavy atom. The number of hydrogen-bond donors (Lipinski definition) is 1. The van der Waals surface area contributed by atoms with Crippen LogP contribution in [0.1, 0.15) is 51.9 Å². The van der Waals surface area contributed by atoms with Gasteiger partial charge in [0, 0.05) is 5.54 Å². The van der Waals surface area contributed by atoms with Gasteiger partial charge in [-0.05, 0) is 76.1 Å². The van der Waals surface area contributed by atoms with E-state index in [9.17, 15) is 9.59 Å². The highest BCUT2D eigenvalue weighted by atomic mass is 16.5. The van der Waals surface area contributed by atoms with Crippen LogP contribution in [0.3, 0.4) is 0 Å². The fraction of sp³-hybridized carbons (Fsp3) is 0.480. The van der Waals surface area contributed by atoms with Crippen LogP contribution in [-0.2, 0) is 16.1 Å². The molecule has 188 valence electrons. The van der Waals surface area contributed by atoms with Gasteiger partial charge in [0.2, 0.25) is 11.7 Å². The molecule has 0 aliphatic rings.